The first-order valence-electron chi connectivity index (χ1n) is 9.13. The fourth-order valence-electron chi connectivity index (χ4n) is 3.13. The van der Waals surface area contributed by atoms with Crippen molar-refractivity contribution >= 4 is 29.0 Å². The van der Waals surface area contributed by atoms with Gasteiger partial charge in [-0.05, 0) is 36.3 Å². The lowest BCUT2D eigenvalue weighted by atomic mass is 10.2. The van der Waals surface area contributed by atoms with Gasteiger partial charge in [0.05, 0.1) is 10.9 Å². The molecule has 0 atom stereocenters. The molecule has 2 aromatic carbocycles. The molecule has 0 saturated carbocycles. The molecule has 0 aliphatic heterocycles. The average Bonchev–Trinajstić information content (AvgIpc) is 2.68. The van der Waals surface area contributed by atoms with Gasteiger partial charge in [0, 0.05) is 26.1 Å². The summed E-state index contributed by atoms with van der Waals surface area (Å²) in [7, 11) is 0. The van der Waals surface area contributed by atoms with Crippen LogP contribution in [0.5, 0.6) is 0 Å². The van der Waals surface area contributed by atoms with Crippen LogP contribution in [-0.4, -0.2) is 26.9 Å². The number of aromatic amines is 1. The number of rotatable bonds is 7. The van der Waals surface area contributed by atoms with Crippen LogP contribution in [0.25, 0.3) is 10.9 Å². The summed E-state index contributed by atoms with van der Waals surface area (Å²) in [4.78, 5) is 30.4. The molecule has 0 fully saturated rings. The summed E-state index contributed by atoms with van der Waals surface area (Å²) in [6.07, 6.45) is 1.12. The molecule has 0 spiro atoms. The Bertz CT molecular complexity index is 1040. The molecular weight excluding hydrogens is 358 g/mol. The average molecular weight is 382 g/mol. The van der Waals surface area contributed by atoms with Gasteiger partial charge in [-0.15, -0.1) is 0 Å². The van der Waals surface area contributed by atoms with E-state index in [2.05, 4.69) is 11.9 Å². The molecule has 1 heterocycles. The quantitative estimate of drug-likeness (QED) is 0.632. The third-order valence-corrected chi connectivity index (χ3v) is 4.82. The van der Waals surface area contributed by atoms with Crippen LogP contribution in [0.4, 0.5) is 0 Å². The molecule has 1 N–H and O–H groups in total. The van der Waals surface area contributed by atoms with E-state index in [1.807, 2.05) is 53.4 Å². The standard InChI is InChI=1S/C21H23N3O2S/c1-2-13-23(15-16-8-4-3-5-9-16)19(25)12-14-24-20(26)17-10-6-7-11-18(17)22-21(24)27/h3-11H,2,12-15H2,1H3,(H,22,27). The van der Waals surface area contributed by atoms with Crippen LogP contribution in [0.3, 0.4) is 0 Å². The van der Waals surface area contributed by atoms with Gasteiger partial charge in [0.2, 0.25) is 5.91 Å². The summed E-state index contributed by atoms with van der Waals surface area (Å²) in [6.45, 7) is 3.59. The summed E-state index contributed by atoms with van der Waals surface area (Å²) in [5.41, 5.74) is 1.65. The van der Waals surface area contributed by atoms with E-state index < -0.39 is 0 Å². The second kappa shape index (κ2) is 8.77. The van der Waals surface area contributed by atoms with Gasteiger partial charge in [0.15, 0.2) is 4.77 Å². The number of nitrogens with one attached hydrogen (secondary N) is 1. The summed E-state index contributed by atoms with van der Waals surface area (Å²) >= 11 is 5.32. The van der Waals surface area contributed by atoms with Gasteiger partial charge in [0.25, 0.3) is 5.56 Å². The Morgan fingerprint density at radius 2 is 1.81 bits per heavy atom. The van der Waals surface area contributed by atoms with E-state index in [4.69, 9.17) is 12.2 Å². The predicted octanol–water partition coefficient (Wildman–Crippen LogP) is 3.89. The second-order valence-corrected chi connectivity index (χ2v) is 6.87. The molecule has 6 heteroatoms. The Hall–Kier alpha value is -2.73. The molecule has 1 aromatic heterocycles. The molecule has 1 amide bonds. The van der Waals surface area contributed by atoms with E-state index in [1.54, 1.807) is 6.07 Å². The number of hydrogen-bond acceptors (Lipinski definition) is 3. The van der Waals surface area contributed by atoms with Crippen molar-refractivity contribution < 1.29 is 4.79 Å². The zero-order valence-electron chi connectivity index (χ0n) is 15.4. The number of aromatic nitrogens is 2. The number of para-hydroxylation sites is 1. The maximum absolute atomic E-state index is 12.8. The normalized spacial score (nSPS) is 10.9. The Morgan fingerprint density at radius 1 is 1.11 bits per heavy atom. The van der Waals surface area contributed by atoms with Gasteiger partial charge in [-0.25, -0.2) is 0 Å². The lowest BCUT2D eigenvalue weighted by molar-refractivity contribution is -0.132. The molecular formula is C21H23N3O2S. The van der Waals surface area contributed by atoms with Crippen molar-refractivity contribution in [3.63, 3.8) is 0 Å². The number of carbonyl (C=O) groups excluding carboxylic acids is 1. The van der Waals surface area contributed by atoms with E-state index in [0.29, 0.717) is 28.8 Å². The van der Waals surface area contributed by atoms with Gasteiger partial charge in [0.1, 0.15) is 0 Å². The molecule has 140 valence electrons. The molecule has 0 aliphatic rings. The molecule has 3 rings (SSSR count). The molecule has 0 bridgehead atoms. The van der Waals surface area contributed by atoms with E-state index in [0.717, 1.165) is 12.0 Å². The lowest BCUT2D eigenvalue weighted by Gasteiger charge is -2.22. The number of nitrogens with zero attached hydrogens (tertiary/aromatic N) is 2. The number of carbonyl (C=O) groups is 1. The Kier molecular flexibility index (Phi) is 6.19. The highest BCUT2D eigenvalue weighted by Gasteiger charge is 2.14. The number of fused-ring (bicyclic) bond motifs is 1. The van der Waals surface area contributed by atoms with Crippen LogP contribution in [0, 0.1) is 4.77 Å². The van der Waals surface area contributed by atoms with Crippen molar-refractivity contribution in [3.8, 4) is 0 Å². The fraction of sp³-hybridized carbons (Fsp3) is 0.286. The van der Waals surface area contributed by atoms with E-state index in [-0.39, 0.29) is 24.4 Å². The zero-order valence-corrected chi connectivity index (χ0v) is 16.2. The van der Waals surface area contributed by atoms with Crippen molar-refractivity contribution in [3.05, 3.63) is 75.3 Å². The Morgan fingerprint density at radius 3 is 2.56 bits per heavy atom. The van der Waals surface area contributed by atoms with Gasteiger partial charge < -0.3 is 9.88 Å². The van der Waals surface area contributed by atoms with Crippen molar-refractivity contribution in [2.24, 2.45) is 0 Å². The first-order chi connectivity index (χ1) is 13.1. The van der Waals surface area contributed by atoms with Crippen LogP contribution in [0.1, 0.15) is 25.3 Å². The van der Waals surface area contributed by atoms with Crippen molar-refractivity contribution in [2.45, 2.75) is 32.9 Å². The van der Waals surface area contributed by atoms with E-state index in [1.165, 1.54) is 4.57 Å². The molecule has 0 unspecified atom stereocenters. The Labute approximate surface area is 163 Å². The van der Waals surface area contributed by atoms with Crippen molar-refractivity contribution in [1.82, 2.24) is 14.5 Å². The topological polar surface area (TPSA) is 58.1 Å². The molecule has 0 saturated heterocycles. The zero-order chi connectivity index (χ0) is 19.2. The molecule has 0 aliphatic carbocycles. The molecule has 3 aromatic rings. The van der Waals surface area contributed by atoms with Gasteiger partial charge in [-0.3, -0.25) is 14.2 Å². The van der Waals surface area contributed by atoms with Crippen LogP contribution in [0.2, 0.25) is 0 Å². The summed E-state index contributed by atoms with van der Waals surface area (Å²) in [5.74, 6) is 0.0233. The van der Waals surface area contributed by atoms with E-state index >= 15 is 0 Å². The highest BCUT2D eigenvalue weighted by Crippen LogP contribution is 2.09. The van der Waals surface area contributed by atoms with Crippen molar-refractivity contribution in [1.29, 1.82) is 0 Å². The number of hydrogen-bond donors (Lipinski definition) is 1. The largest absolute Gasteiger partial charge is 0.338 e. The second-order valence-electron chi connectivity index (χ2n) is 6.48. The van der Waals surface area contributed by atoms with E-state index in [9.17, 15) is 9.59 Å². The maximum atomic E-state index is 12.8. The smallest absolute Gasteiger partial charge is 0.262 e. The summed E-state index contributed by atoms with van der Waals surface area (Å²) in [6, 6.07) is 17.2. The molecule has 5 nitrogen and oxygen atoms in total. The number of benzene rings is 2. The molecule has 0 radical (unpaired) electrons. The minimum Gasteiger partial charge on any atom is -0.338 e. The highest BCUT2D eigenvalue weighted by molar-refractivity contribution is 7.71. The van der Waals surface area contributed by atoms with Gasteiger partial charge in [-0.2, -0.15) is 0 Å². The fourth-order valence-corrected chi connectivity index (χ4v) is 3.42. The third kappa shape index (κ3) is 4.52. The number of amides is 1. The highest BCUT2D eigenvalue weighted by atomic mass is 32.1. The van der Waals surface area contributed by atoms with Crippen LogP contribution < -0.4 is 5.56 Å². The van der Waals surface area contributed by atoms with Crippen LogP contribution >= 0.6 is 12.2 Å². The van der Waals surface area contributed by atoms with Crippen LogP contribution in [0.15, 0.2) is 59.4 Å². The van der Waals surface area contributed by atoms with Gasteiger partial charge in [-0.1, -0.05) is 49.4 Å². The minimum absolute atomic E-state index is 0.0233. The monoisotopic (exact) mass is 381 g/mol. The van der Waals surface area contributed by atoms with Gasteiger partial charge >= 0.3 is 0 Å². The first-order valence-corrected chi connectivity index (χ1v) is 9.54. The minimum atomic E-state index is -0.160. The number of H-pyrrole nitrogens is 1. The predicted molar refractivity (Wildman–Crippen MR) is 110 cm³/mol. The first kappa shape index (κ1) is 19.0. The third-order valence-electron chi connectivity index (χ3n) is 4.50. The SMILES string of the molecule is CCCN(Cc1ccccc1)C(=O)CCn1c(=S)[nH]c2ccccc2c1=O. The Balaban J connectivity index is 1.76. The summed E-state index contributed by atoms with van der Waals surface area (Å²) in [5, 5.41) is 0.577. The van der Waals surface area contributed by atoms with Crippen LogP contribution in [-0.2, 0) is 17.9 Å². The molecule has 27 heavy (non-hydrogen) atoms. The van der Waals surface area contributed by atoms with Crippen molar-refractivity contribution in [2.75, 3.05) is 6.54 Å². The maximum Gasteiger partial charge on any atom is 0.262 e. The summed E-state index contributed by atoms with van der Waals surface area (Å²) < 4.78 is 1.82. The lowest BCUT2D eigenvalue weighted by Crippen LogP contribution is -2.33.